The second-order valence-electron chi connectivity index (χ2n) is 4.06. The van der Waals surface area contributed by atoms with Gasteiger partial charge >= 0.3 is 0 Å². The molecule has 0 saturated carbocycles. The first-order valence-corrected chi connectivity index (χ1v) is 5.90. The summed E-state index contributed by atoms with van der Waals surface area (Å²) in [5, 5.41) is 3.32. The molecule has 0 unspecified atom stereocenters. The molecule has 0 spiro atoms. The third kappa shape index (κ3) is 2.42. The second-order valence-corrected chi connectivity index (χ2v) is 4.06. The number of anilines is 1. The molecule has 1 N–H and O–H groups in total. The molecule has 1 aliphatic heterocycles. The molecule has 1 saturated heterocycles. The molecule has 0 radical (unpaired) electrons. The molecule has 0 amide bonds. The summed E-state index contributed by atoms with van der Waals surface area (Å²) >= 11 is 0. The Bertz CT molecular complexity index is 370. The van der Waals surface area contributed by atoms with Crippen LogP contribution >= 0.6 is 0 Å². The molecule has 1 fully saturated rings. The second kappa shape index (κ2) is 5.12. The van der Waals surface area contributed by atoms with Crippen LogP contribution in [-0.2, 0) is 0 Å². The Labute approximate surface area is 96.5 Å². The van der Waals surface area contributed by atoms with E-state index in [2.05, 4.69) is 16.3 Å². The summed E-state index contributed by atoms with van der Waals surface area (Å²) in [4.78, 5) is 13.9. The Morgan fingerprint density at radius 1 is 1.38 bits per heavy atom. The number of rotatable bonds is 3. The fourth-order valence-electron chi connectivity index (χ4n) is 2.00. The number of Topliss-reactive ketones (excluding diaryl/α,β-unsaturated/α-hetero) is 1. The zero-order chi connectivity index (χ0) is 11.4. The molecule has 16 heavy (non-hydrogen) atoms. The van der Waals surface area contributed by atoms with Crippen molar-refractivity contribution in [1.29, 1.82) is 0 Å². The maximum Gasteiger partial charge on any atom is 0.162 e. The largest absolute Gasteiger partial charge is 0.369 e. The molecule has 0 aliphatic carbocycles. The molecule has 3 heteroatoms. The lowest BCUT2D eigenvalue weighted by Gasteiger charge is -2.29. The van der Waals surface area contributed by atoms with E-state index < -0.39 is 0 Å². The number of hydrogen-bond acceptors (Lipinski definition) is 3. The van der Waals surface area contributed by atoms with Gasteiger partial charge in [0.2, 0.25) is 0 Å². The van der Waals surface area contributed by atoms with Crippen LogP contribution in [0.2, 0.25) is 0 Å². The third-order valence-electron chi connectivity index (χ3n) is 2.97. The van der Waals surface area contributed by atoms with Gasteiger partial charge in [0, 0.05) is 43.9 Å². The summed E-state index contributed by atoms with van der Waals surface area (Å²) in [6.07, 6.45) is 0.574. The van der Waals surface area contributed by atoms with Crippen LogP contribution < -0.4 is 10.2 Å². The Balaban J connectivity index is 2.17. The minimum atomic E-state index is 0.219. The highest BCUT2D eigenvalue weighted by atomic mass is 16.1. The molecular formula is C13H18N2O. The van der Waals surface area contributed by atoms with Crippen molar-refractivity contribution in [3.05, 3.63) is 29.8 Å². The highest BCUT2D eigenvalue weighted by Gasteiger charge is 2.11. The van der Waals surface area contributed by atoms with E-state index in [1.54, 1.807) is 0 Å². The van der Waals surface area contributed by atoms with Crippen LogP contribution in [0.4, 0.5) is 5.69 Å². The van der Waals surface area contributed by atoms with Crippen molar-refractivity contribution in [1.82, 2.24) is 5.32 Å². The highest BCUT2D eigenvalue weighted by Crippen LogP contribution is 2.17. The van der Waals surface area contributed by atoms with E-state index in [4.69, 9.17) is 0 Å². The van der Waals surface area contributed by atoms with Crippen molar-refractivity contribution < 1.29 is 4.79 Å². The van der Waals surface area contributed by atoms with Gasteiger partial charge in [-0.05, 0) is 12.1 Å². The first kappa shape index (κ1) is 11.1. The van der Waals surface area contributed by atoms with Gasteiger partial charge in [0.25, 0.3) is 0 Å². The molecule has 2 rings (SSSR count). The molecule has 0 atom stereocenters. The monoisotopic (exact) mass is 218 g/mol. The first-order valence-electron chi connectivity index (χ1n) is 5.90. The maximum atomic E-state index is 11.6. The standard InChI is InChI=1S/C13H18N2O/c1-2-13(16)11-4-3-5-12(10-11)15-8-6-14-7-9-15/h3-5,10,14H,2,6-9H2,1H3. The van der Waals surface area contributed by atoms with Gasteiger partial charge in [-0.25, -0.2) is 0 Å². The molecule has 0 bridgehead atoms. The van der Waals surface area contributed by atoms with Gasteiger partial charge in [-0.1, -0.05) is 19.1 Å². The van der Waals surface area contributed by atoms with Crippen molar-refractivity contribution >= 4 is 11.5 Å². The number of piperazine rings is 1. The van der Waals surface area contributed by atoms with Crippen LogP contribution in [0.1, 0.15) is 23.7 Å². The first-order chi connectivity index (χ1) is 7.81. The summed E-state index contributed by atoms with van der Waals surface area (Å²) in [6, 6.07) is 7.96. The predicted octanol–water partition coefficient (Wildman–Crippen LogP) is 1.69. The molecule has 1 heterocycles. The minimum absolute atomic E-state index is 0.219. The number of nitrogens with zero attached hydrogens (tertiary/aromatic N) is 1. The molecule has 1 aromatic carbocycles. The normalized spacial score (nSPS) is 16.2. The van der Waals surface area contributed by atoms with Gasteiger partial charge in [0.05, 0.1) is 0 Å². The van der Waals surface area contributed by atoms with Gasteiger partial charge in [0.15, 0.2) is 5.78 Å². The molecule has 3 nitrogen and oxygen atoms in total. The quantitative estimate of drug-likeness (QED) is 0.784. The average Bonchev–Trinajstić information content (AvgIpc) is 2.39. The van der Waals surface area contributed by atoms with E-state index in [0.29, 0.717) is 6.42 Å². The summed E-state index contributed by atoms with van der Waals surface area (Å²) in [7, 11) is 0. The van der Waals surface area contributed by atoms with E-state index >= 15 is 0 Å². The van der Waals surface area contributed by atoms with E-state index in [1.807, 2.05) is 25.1 Å². The minimum Gasteiger partial charge on any atom is -0.369 e. The number of ketones is 1. The summed E-state index contributed by atoms with van der Waals surface area (Å²) in [5.74, 6) is 0.219. The summed E-state index contributed by atoms with van der Waals surface area (Å²) < 4.78 is 0. The number of nitrogens with one attached hydrogen (secondary N) is 1. The number of carbonyl (C=O) groups is 1. The number of benzene rings is 1. The third-order valence-corrected chi connectivity index (χ3v) is 2.97. The van der Waals surface area contributed by atoms with Gasteiger partial charge in [0.1, 0.15) is 0 Å². The van der Waals surface area contributed by atoms with Gasteiger partial charge in [-0.3, -0.25) is 4.79 Å². The van der Waals surface area contributed by atoms with Crippen LogP contribution in [0.15, 0.2) is 24.3 Å². The van der Waals surface area contributed by atoms with Crippen molar-refractivity contribution in [2.24, 2.45) is 0 Å². The van der Waals surface area contributed by atoms with E-state index in [1.165, 1.54) is 5.69 Å². The lowest BCUT2D eigenvalue weighted by molar-refractivity contribution is 0.0988. The molecule has 0 aromatic heterocycles. The van der Waals surface area contributed by atoms with E-state index in [-0.39, 0.29) is 5.78 Å². The van der Waals surface area contributed by atoms with E-state index in [0.717, 1.165) is 31.7 Å². The average molecular weight is 218 g/mol. The summed E-state index contributed by atoms with van der Waals surface area (Å²) in [6.45, 7) is 5.98. The van der Waals surface area contributed by atoms with Crippen LogP contribution in [0.25, 0.3) is 0 Å². The van der Waals surface area contributed by atoms with Crippen LogP contribution in [0, 0.1) is 0 Å². The fraction of sp³-hybridized carbons (Fsp3) is 0.462. The Kier molecular flexibility index (Phi) is 3.57. The Hall–Kier alpha value is -1.35. The van der Waals surface area contributed by atoms with Crippen molar-refractivity contribution in [3.63, 3.8) is 0 Å². The lowest BCUT2D eigenvalue weighted by atomic mass is 10.1. The molecular weight excluding hydrogens is 200 g/mol. The summed E-state index contributed by atoms with van der Waals surface area (Å²) in [5.41, 5.74) is 2.00. The number of carbonyl (C=O) groups excluding carboxylic acids is 1. The van der Waals surface area contributed by atoms with Crippen LogP contribution in [0.5, 0.6) is 0 Å². The maximum absolute atomic E-state index is 11.6. The van der Waals surface area contributed by atoms with Gasteiger partial charge < -0.3 is 10.2 Å². The van der Waals surface area contributed by atoms with Crippen LogP contribution in [0.3, 0.4) is 0 Å². The van der Waals surface area contributed by atoms with Gasteiger partial charge in [-0.15, -0.1) is 0 Å². The molecule has 1 aromatic rings. The number of hydrogen-bond donors (Lipinski definition) is 1. The predicted molar refractivity (Wildman–Crippen MR) is 66.1 cm³/mol. The SMILES string of the molecule is CCC(=O)c1cccc(N2CCNCC2)c1. The smallest absolute Gasteiger partial charge is 0.162 e. The fourth-order valence-corrected chi connectivity index (χ4v) is 2.00. The van der Waals surface area contributed by atoms with Crippen molar-refractivity contribution in [2.75, 3.05) is 31.1 Å². The van der Waals surface area contributed by atoms with Crippen LogP contribution in [-0.4, -0.2) is 32.0 Å². The Morgan fingerprint density at radius 2 is 2.12 bits per heavy atom. The van der Waals surface area contributed by atoms with E-state index in [9.17, 15) is 4.79 Å². The van der Waals surface area contributed by atoms with Crippen molar-refractivity contribution in [3.8, 4) is 0 Å². The highest BCUT2D eigenvalue weighted by molar-refractivity contribution is 5.96. The topological polar surface area (TPSA) is 32.3 Å². The lowest BCUT2D eigenvalue weighted by Crippen LogP contribution is -2.43. The van der Waals surface area contributed by atoms with Gasteiger partial charge in [-0.2, -0.15) is 0 Å². The molecule has 86 valence electrons. The molecule has 1 aliphatic rings. The zero-order valence-electron chi connectivity index (χ0n) is 9.70. The van der Waals surface area contributed by atoms with Crippen molar-refractivity contribution in [2.45, 2.75) is 13.3 Å². The zero-order valence-corrected chi connectivity index (χ0v) is 9.70. The Morgan fingerprint density at radius 3 is 2.81 bits per heavy atom.